The number of rotatable bonds is 7. The Hall–Kier alpha value is -2.73. The van der Waals surface area contributed by atoms with Crippen LogP contribution in [0.3, 0.4) is 0 Å². The molecule has 0 spiro atoms. The van der Waals surface area contributed by atoms with Crippen LogP contribution < -0.4 is 5.32 Å². The summed E-state index contributed by atoms with van der Waals surface area (Å²) in [4.78, 5) is 41.8. The lowest BCUT2D eigenvalue weighted by molar-refractivity contribution is -0.152. The van der Waals surface area contributed by atoms with Crippen LogP contribution in [0.4, 0.5) is 0 Å². The molecular weight excluding hydrogens is 428 g/mol. The quantitative estimate of drug-likeness (QED) is 0.584. The van der Waals surface area contributed by atoms with Gasteiger partial charge in [0.05, 0.1) is 11.8 Å². The summed E-state index contributed by atoms with van der Waals surface area (Å²) < 4.78 is 0. The number of amides is 2. The Morgan fingerprint density at radius 2 is 1.79 bits per heavy atom. The van der Waals surface area contributed by atoms with Crippen LogP contribution in [-0.2, 0) is 14.4 Å². The fourth-order valence-corrected chi connectivity index (χ4v) is 6.71. The minimum Gasteiger partial charge on any atom is -0.480 e. The van der Waals surface area contributed by atoms with Crippen molar-refractivity contribution in [3.8, 4) is 0 Å². The van der Waals surface area contributed by atoms with Gasteiger partial charge in [0.25, 0.3) is 0 Å². The molecule has 0 radical (unpaired) electrons. The lowest BCUT2D eigenvalue weighted by Gasteiger charge is -2.35. The molecule has 2 saturated heterocycles. The number of likely N-dealkylation sites (tertiary alicyclic amines) is 1. The van der Waals surface area contributed by atoms with E-state index in [0.29, 0.717) is 13.0 Å². The number of unbranched alkanes of at least 4 members (excludes halogenated alkanes) is 1. The smallest absolute Gasteiger partial charge is 0.324 e. The van der Waals surface area contributed by atoms with E-state index in [2.05, 4.69) is 5.32 Å². The maximum Gasteiger partial charge on any atom is 0.324 e. The Balaban J connectivity index is 1.62. The van der Waals surface area contributed by atoms with Crippen molar-refractivity contribution in [2.75, 3.05) is 6.54 Å². The van der Waals surface area contributed by atoms with Gasteiger partial charge in [0, 0.05) is 12.6 Å². The van der Waals surface area contributed by atoms with Gasteiger partial charge in [0.2, 0.25) is 11.8 Å². The Morgan fingerprint density at radius 3 is 2.53 bits per heavy atom. The number of carboxylic acid groups (broad SMARTS) is 1. The average Bonchev–Trinajstić information content (AvgIpc) is 3.32. The maximum absolute atomic E-state index is 13.7. The van der Waals surface area contributed by atoms with Gasteiger partial charge >= 0.3 is 5.97 Å². The van der Waals surface area contributed by atoms with Gasteiger partial charge < -0.3 is 5.11 Å². The molecule has 4 atom stereocenters. The lowest BCUT2D eigenvalue weighted by atomic mass is 9.72. The van der Waals surface area contributed by atoms with Crippen LogP contribution in [0.2, 0.25) is 0 Å². The van der Waals surface area contributed by atoms with E-state index in [1.807, 2.05) is 49.4 Å². The minimum absolute atomic E-state index is 0.222. The molecule has 2 aliphatic heterocycles. The molecule has 0 aromatic heterocycles. The molecule has 1 aliphatic carbocycles. The average molecular weight is 463 g/mol. The second-order valence-electron chi connectivity index (χ2n) is 10.4. The predicted octanol–water partition coefficient (Wildman–Crippen LogP) is 4.68. The van der Waals surface area contributed by atoms with E-state index in [1.54, 1.807) is 0 Å². The second kappa shape index (κ2) is 9.14. The topological polar surface area (TPSA) is 86.7 Å². The molecule has 2 aromatic rings. The standard InChI is InChI=1S/C28H34N2O4/c1-2-3-16-30-25(31)22-23(26(30)32)28(27(33)34,17-18-10-5-4-6-11-18)29-24(22)21-15-9-13-19-12-7-8-14-20(19)21/h7-9,12-15,18,22-24,29H,2-6,10-11,16-17H2,1H3,(H,33,34). The fourth-order valence-electron chi connectivity index (χ4n) is 6.71. The molecular formula is C28H34N2O4. The first-order valence-corrected chi connectivity index (χ1v) is 12.8. The summed E-state index contributed by atoms with van der Waals surface area (Å²) >= 11 is 0. The van der Waals surface area contributed by atoms with Crippen LogP contribution >= 0.6 is 0 Å². The van der Waals surface area contributed by atoms with Crippen LogP contribution in [0.25, 0.3) is 10.8 Å². The summed E-state index contributed by atoms with van der Waals surface area (Å²) in [5.74, 6) is -2.86. The number of hydrogen-bond donors (Lipinski definition) is 2. The first kappa shape index (κ1) is 23.0. The molecule has 6 heteroatoms. The third kappa shape index (κ3) is 3.63. The molecule has 6 nitrogen and oxygen atoms in total. The normalized spacial score (nSPS) is 29.7. The summed E-state index contributed by atoms with van der Waals surface area (Å²) in [5.41, 5.74) is -0.527. The Labute approximate surface area is 200 Å². The Morgan fingerprint density at radius 1 is 1.06 bits per heavy atom. The lowest BCUT2D eigenvalue weighted by Crippen LogP contribution is -2.56. The number of carboxylic acids is 1. The van der Waals surface area contributed by atoms with Gasteiger partial charge in [-0.15, -0.1) is 0 Å². The van der Waals surface area contributed by atoms with E-state index in [0.717, 1.165) is 54.9 Å². The monoisotopic (exact) mass is 462 g/mol. The van der Waals surface area contributed by atoms with Crippen molar-refractivity contribution < 1.29 is 19.5 Å². The highest BCUT2D eigenvalue weighted by Crippen LogP contribution is 2.52. The zero-order valence-electron chi connectivity index (χ0n) is 19.8. The summed E-state index contributed by atoms with van der Waals surface area (Å²) in [7, 11) is 0. The van der Waals surface area contributed by atoms with E-state index < -0.39 is 29.4 Å². The molecule has 1 saturated carbocycles. The van der Waals surface area contributed by atoms with E-state index in [-0.39, 0.29) is 17.7 Å². The predicted molar refractivity (Wildman–Crippen MR) is 130 cm³/mol. The number of nitrogens with one attached hydrogen (secondary N) is 1. The van der Waals surface area contributed by atoms with Crippen molar-refractivity contribution in [2.24, 2.45) is 17.8 Å². The van der Waals surface area contributed by atoms with Crippen LogP contribution in [0, 0.1) is 17.8 Å². The summed E-state index contributed by atoms with van der Waals surface area (Å²) in [6.07, 6.45) is 7.31. The summed E-state index contributed by atoms with van der Waals surface area (Å²) in [5, 5.41) is 16.1. The third-order valence-corrected chi connectivity index (χ3v) is 8.36. The van der Waals surface area contributed by atoms with Crippen molar-refractivity contribution in [3.63, 3.8) is 0 Å². The van der Waals surface area contributed by atoms with Gasteiger partial charge in [-0.1, -0.05) is 87.9 Å². The van der Waals surface area contributed by atoms with Crippen LogP contribution in [0.15, 0.2) is 42.5 Å². The number of fused-ring (bicyclic) bond motifs is 2. The van der Waals surface area contributed by atoms with E-state index >= 15 is 0 Å². The zero-order chi connectivity index (χ0) is 23.9. The maximum atomic E-state index is 13.7. The van der Waals surface area contributed by atoms with Gasteiger partial charge in [-0.05, 0) is 35.1 Å². The molecule has 5 rings (SSSR count). The SMILES string of the molecule is CCCCN1C(=O)C2C(c3cccc4ccccc34)NC(CC3CCCCC3)(C(=O)O)C2C1=O. The minimum atomic E-state index is -1.43. The van der Waals surface area contributed by atoms with Gasteiger partial charge in [0.1, 0.15) is 5.54 Å². The molecule has 2 heterocycles. The van der Waals surface area contributed by atoms with Crippen LogP contribution in [0.5, 0.6) is 0 Å². The van der Waals surface area contributed by atoms with Crippen molar-refractivity contribution in [2.45, 2.75) is 69.9 Å². The highest BCUT2D eigenvalue weighted by atomic mass is 16.4. The molecule has 4 unspecified atom stereocenters. The Bertz CT molecular complexity index is 1100. The van der Waals surface area contributed by atoms with E-state index in [4.69, 9.17) is 0 Å². The molecule has 34 heavy (non-hydrogen) atoms. The van der Waals surface area contributed by atoms with Gasteiger partial charge in [-0.3, -0.25) is 24.6 Å². The van der Waals surface area contributed by atoms with Crippen molar-refractivity contribution in [1.82, 2.24) is 10.2 Å². The first-order valence-electron chi connectivity index (χ1n) is 12.8. The summed E-state index contributed by atoms with van der Waals surface area (Å²) in [6.45, 7) is 2.39. The number of carbonyl (C=O) groups excluding carboxylic acids is 2. The second-order valence-corrected chi connectivity index (χ2v) is 10.4. The first-order chi connectivity index (χ1) is 16.5. The molecule has 2 aromatic carbocycles. The fraction of sp³-hybridized carbons (Fsp3) is 0.536. The zero-order valence-corrected chi connectivity index (χ0v) is 19.8. The van der Waals surface area contributed by atoms with Crippen molar-refractivity contribution in [1.29, 1.82) is 0 Å². The van der Waals surface area contributed by atoms with Crippen molar-refractivity contribution >= 4 is 28.6 Å². The van der Waals surface area contributed by atoms with Gasteiger partial charge in [0.15, 0.2) is 0 Å². The number of hydrogen-bond acceptors (Lipinski definition) is 4. The molecule has 180 valence electrons. The van der Waals surface area contributed by atoms with Gasteiger partial charge in [-0.25, -0.2) is 0 Å². The molecule has 0 bridgehead atoms. The highest BCUT2D eigenvalue weighted by Gasteiger charge is 2.68. The van der Waals surface area contributed by atoms with E-state index in [9.17, 15) is 19.5 Å². The molecule has 2 N–H and O–H groups in total. The van der Waals surface area contributed by atoms with Crippen molar-refractivity contribution in [3.05, 3.63) is 48.0 Å². The third-order valence-electron chi connectivity index (χ3n) is 8.36. The van der Waals surface area contributed by atoms with Gasteiger partial charge in [-0.2, -0.15) is 0 Å². The highest BCUT2D eigenvalue weighted by molar-refractivity contribution is 6.09. The number of aliphatic carboxylic acids is 1. The molecule has 3 aliphatic rings. The van der Waals surface area contributed by atoms with E-state index in [1.165, 1.54) is 11.3 Å². The van der Waals surface area contributed by atoms with Crippen LogP contribution in [-0.4, -0.2) is 39.9 Å². The van der Waals surface area contributed by atoms with Crippen LogP contribution in [0.1, 0.15) is 69.9 Å². The number of benzene rings is 2. The molecule has 3 fully saturated rings. The number of carbonyl (C=O) groups is 3. The Kier molecular flexibility index (Phi) is 6.19. The largest absolute Gasteiger partial charge is 0.480 e. The number of imide groups is 1. The molecule has 2 amide bonds. The number of nitrogens with zero attached hydrogens (tertiary/aromatic N) is 1. The summed E-state index contributed by atoms with van der Waals surface area (Å²) in [6, 6.07) is 13.4.